The molecule has 0 atom stereocenters. The zero-order valence-corrected chi connectivity index (χ0v) is 8.91. The van der Waals surface area contributed by atoms with Crippen LogP contribution in [0.5, 0.6) is 0 Å². The second-order valence-electron chi connectivity index (χ2n) is 3.15. The second-order valence-corrected chi connectivity index (χ2v) is 4.51. The number of thiazole rings is 1. The summed E-state index contributed by atoms with van der Waals surface area (Å²) < 4.78 is 24.8. The van der Waals surface area contributed by atoms with E-state index in [1.54, 1.807) is 0 Å². The average Bonchev–Trinajstić information content (AvgIpc) is 2.70. The molecule has 1 aromatic rings. The molecule has 78 valence electrons. The minimum absolute atomic E-state index is 0.0492. The lowest BCUT2D eigenvalue weighted by Crippen LogP contribution is -2.16. The van der Waals surface area contributed by atoms with Crippen LogP contribution in [0.4, 0.5) is 13.9 Å². The molecular weight excluding hydrogens is 230 g/mol. The maximum atomic E-state index is 12.4. The number of hydrogen-bond acceptors (Lipinski definition) is 3. The number of anilines is 1. The zero-order valence-electron chi connectivity index (χ0n) is 7.34. The predicted molar refractivity (Wildman–Crippen MR) is 53.5 cm³/mol. The van der Waals surface area contributed by atoms with Gasteiger partial charge in [-0.2, -0.15) is 0 Å². The van der Waals surface area contributed by atoms with Crippen LogP contribution in [0, 0.1) is 0 Å². The lowest BCUT2D eigenvalue weighted by molar-refractivity contribution is 0.155. The summed E-state index contributed by atoms with van der Waals surface area (Å²) in [5, 5.41) is 0.578. The van der Waals surface area contributed by atoms with Gasteiger partial charge in [0.25, 0.3) is 6.43 Å². The molecule has 0 N–H and O–H groups in total. The van der Waals surface area contributed by atoms with Crippen molar-refractivity contribution in [3.05, 3.63) is 10.0 Å². The van der Waals surface area contributed by atoms with E-state index in [9.17, 15) is 8.78 Å². The smallest absolute Gasteiger partial charge is 0.275 e. The van der Waals surface area contributed by atoms with Crippen LogP contribution >= 0.6 is 22.9 Å². The molecule has 0 unspecified atom stereocenters. The highest BCUT2D eigenvalue weighted by Crippen LogP contribution is 2.37. The van der Waals surface area contributed by atoms with Crippen LogP contribution in [0.3, 0.4) is 0 Å². The summed E-state index contributed by atoms with van der Waals surface area (Å²) in [6.45, 7) is 1.79. The van der Waals surface area contributed by atoms with E-state index in [0.29, 0.717) is 5.13 Å². The molecule has 0 bridgehead atoms. The molecule has 14 heavy (non-hydrogen) atoms. The summed E-state index contributed by atoms with van der Waals surface area (Å²) in [7, 11) is 0. The van der Waals surface area contributed by atoms with Gasteiger partial charge in [-0.25, -0.2) is 13.8 Å². The number of rotatable bonds is 2. The Morgan fingerprint density at radius 1 is 1.36 bits per heavy atom. The molecule has 6 heteroatoms. The minimum atomic E-state index is -2.52. The summed E-state index contributed by atoms with van der Waals surface area (Å²) in [6, 6.07) is 0. The molecule has 1 aromatic heterocycles. The lowest BCUT2D eigenvalue weighted by Gasteiger charge is -2.11. The zero-order chi connectivity index (χ0) is 10.1. The third-order valence-corrected chi connectivity index (χ3v) is 3.70. The van der Waals surface area contributed by atoms with Crippen LogP contribution in [-0.2, 0) is 0 Å². The van der Waals surface area contributed by atoms with Crippen molar-refractivity contribution < 1.29 is 8.78 Å². The van der Waals surface area contributed by atoms with E-state index in [1.165, 1.54) is 0 Å². The van der Waals surface area contributed by atoms with Gasteiger partial charge in [0, 0.05) is 13.1 Å². The molecule has 0 spiro atoms. The number of aromatic nitrogens is 1. The molecule has 0 amide bonds. The van der Waals surface area contributed by atoms with E-state index in [0.717, 1.165) is 37.3 Å². The lowest BCUT2D eigenvalue weighted by atomic mass is 10.4. The molecule has 2 rings (SSSR count). The van der Waals surface area contributed by atoms with Crippen molar-refractivity contribution >= 4 is 28.1 Å². The SMILES string of the molecule is FC(F)c1sc(N2CCCC2)nc1Cl. The topological polar surface area (TPSA) is 16.1 Å². The van der Waals surface area contributed by atoms with Gasteiger partial charge in [0.1, 0.15) is 4.88 Å². The fourth-order valence-corrected chi connectivity index (χ4v) is 2.67. The van der Waals surface area contributed by atoms with Crippen molar-refractivity contribution in [3.63, 3.8) is 0 Å². The van der Waals surface area contributed by atoms with Gasteiger partial charge in [0.15, 0.2) is 10.3 Å². The summed E-state index contributed by atoms with van der Waals surface area (Å²) in [4.78, 5) is 5.83. The Morgan fingerprint density at radius 2 is 2.00 bits per heavy atom. The summed E-state index contributed by atoms with van der Waals surface area (Å²) in [5.41, 5.74) is 0. The first-order chi connectivity index (χ1) is 6.68. The maximum Gasteiger partial charge on any atom is 0.275 e. The molecule has 1 aliphatic heterocycles. The molecule has 0 saturated carbocycles. The Hall–Kier alpha value is -0.420. The first kappa shape index (κ1) is 10.1. The van der Waals surface area contributed by atoms with Crippen LogP contribution in [0.2, 0.25) is 5.15 Å². The minimum Gasteiger partial charge on any atom is -0.348 e. The molecule has 2 heterocycles. The van der Waals surface area contributed by atoms with Gasteiger partial charge in [-0.15, -0.1) is 0 Å². The van der Waals surface area contributed by atoms with Gasteiger partial charge < -0.3 is 4.90 Å². The third-order valence-electron chi connectivity index (χ3n) is 2.17. The van der Waals surface area contributed by atoms with Gasteiger partial charge in [-0.05, 0) is 12.8 Å². The quantitative estimate of drug-likeness (QED) is 0.786. The van der Waals surface area contributed by atoms with E-state index in [1.807, 2.05) is 4.90 Å². The van der Waals surface area contributed by atoms with E-state index < -0.39 is 6.43 Å². The standard InChI is InChI=1S/C8H9ClF2N2S/c9-6-5(7(10)11)14-8(12-6)13-3-1-2-4-13/h7H,1-4H2. The normalized spacial score (nSPS) is 17.0. The Kier molecular flexibility index (Phi) is 2.88. The first-order valence-corrected chi connectivity index (χ1v) is 5.57. The van der Waals surface area contributed by atoms with Crippen molar-refractivity contribution in [1.29, 1.82) is 0 Å². The molecule has 0 aliphatic carbocycles. The second kappa shape index (κ2) is 3.98. The highest BCUT2D eigenvalue weighted by Gasteiger charge is 2.22. The highest BCUT2D eigenvalue weighted by molar-refractivity contribution is 7.16. The molecule has 0 aromatic carbocycles. The fourth-order valence-electron chi connectivity index (χ4n) is 1.48. The van der Waals surface area contributed by atoms with E-state index in [2.05, 4.69) is 4.98 Å². The van der Waals surface area contributed by atoms with Crippen molar-refractivity contribution in [2.75, 3.05) is 18.0 Å². The first-order valence-electron chi connectivity index (χ1n) is 4.38. The molecule has 1 aliphatic rings. The molecular formula is C8H9ClF2N2S. The monoisotopic (exact) mass is 238 g/mol. The Bertz CT molecular complexity index is 323. The predicted octanol–water partition coefficient (Wildman–Crippen LogP) is 3.33. The van der Waals surface area contributed by atoms with Gasteiger partial charge in [0.05, 0.1) is 0 Å². The third kappa shape index (κ3) is 1.83. The van der Waals surface area contributed by atoms with Gasteiger partial charge in [-0.1, -0.05) is 22.9 Å². The van der Waals surface area contributed by atoms with Gasteiger partial charge in [0.2, 0.25) is 0 Å². The average molecular weight is 239 g/mol. The van der Waals surface area contributed by atoms with E-state index >= 15 is 0 Å². The summed E-state index contributed by atoms with van der Waals surface area (Å²) in [5.74, 6) is 0. The van der Waals surface area contributed by atoms with Crippen LogP contribution in [0.15, 0.2) is 0 Å². The van der Waals surface area contributed by atoms with Crippen molar-refractivity contribution in [3.8, 4) is 0 Å². The molecule has 1 saturated heterocycles. The van der Waals surface area contributed by atoms with Crippen molar-refractivity contribution in [1.82, 2.24) is 4.98 Å². The fraction of sp³-hybridized carbons (Fsp3) is 0.625. The number of hydrogen-bond donors (Lipinski definition) is 0. The van der Waals surface area contributed by atoms with Crippen LogP contribution in [0.25, 0.3) is 0 Å². The largest absolute Gasteiger partial charge is 0.348 e. The Labute approximate surface area is 89.5 Å². The van der Waals surface area contributed by atoms with E-state index in [4.69, 9.17) is 11.6 Å². The van der Waals surface area contributed by atoms with Crippen LogP contribution in [0.1, 0.15) is 24.1 Å². The van der Waals surface area contributed by atoms with Crippen LogP contribution in [-0.4, -0.2) is 18.1 Å². The molecule has 0 radical (unpaired) electrons. The molecule has 2 nitrogen and oxygen atoms in total. The maximum absolute atomic E-state index is 12.4. The number of halogens is 3. The highest BCUT2D eigenvalue weighted by atomic mass is 35.5. The van der Waals surface area contributed by atoms with Gasteiger partial charge >= 0.3 is 0 Å². The summed E-state index contributed by atoms with van der Waals surface area (Å²) in [6.07, 6.45) is -0.320. The van der Waals surface area contributed by atoms with E-state index in [-0.39, 0.29) is 10.0 Å². The Balaban J connectivity index is 2.22. The van der Waals surface area contributed by atoms with Crippen molar-refractivity contribution in [2.45, 2.75) is 19.3 Å². The Morgan fingerprint density at radius 3 is 2.50 bits per heavy atom. The summed E-state index contributed by atoms with van der Waals surface area (Å²) >= 11 is 6.61. The van der Waals surface area contributed by atoms with Crippen LogP contribution < -0.4 is 4.90 Å². The number of alkyl halides is 2. The number of nitrogens with zero attached hydrogens (tertiary/aromatic N) is 2. The molecule has 1 fully saturated rings. The van der Waals surface area contributed by atoms with Gasteiger partial charge in [-0.3, -0.25) is 0 Å². The van der Waals surface area contributed by atoms with Crippen molar-refractivity contribution in [2.24, 2.45) is 0 Å².